The summed E-state index contributed by atoms with van der Waals surface area (Å²) in [7, 11) is 2.16. The van der Waals surface area contributed by atoms with E-state index >= 15 is 0 Å². The zero-order valence-electron chi connectivity index (χ0n) is 11.8. The summed E-state index contributed by atoms with van der Waals surface area (Å²) < 4.78 is 12.5. The molecule has 1 aromatic carbocycles. The molecule has 1 saturated carbocycles. The molecule has 1 heterocycles. The Morgan fingerprint density at radius 3 is 2.80 bits per heavy atom. The molecule has 1 fully saturated rings. The van der Waals surface area contributed by atoms with Crippen LogP contribution in [0.15, 0.2) is 16.6 Å². The topological polar surface area (TPSA) is 47.7 Å². The highest BCUT2D eigenvalue weighted by atomic mass is 79.9. The lowest BCUT2D eigenvalue weighted by Crippen LogP contribution is -2.32. The van der Waals surface area contributed by atoms with E-state index in [1.807, 2.05) is 0 Å². The van der Waals surface area contributed by atoms with Crippen molar-refractivity contribution in [1.29, 1.82) is 0 Å². The summed E-state index contributed by atoms with van der Waals surface area (Å²) in [6, 6.07) is 5.11. The Hall–Kier alpha value is -0.780. The van der Waals surface area contributed by atoms with Crippen molar-refractivity contribution in [1.82, 2.24) is 4.90 Å². The van der Waals surface area contributed by atoms with Crippen LogP contribution >= 0.6 is 15.9 Å². The van der Waals surface area contributed by atoms with Gasteiger partial charge in [0.15, 0.2) is 11.5 Å². The Bertz CT molecular complexity index is 491. The number of benzene rings is 1. The maximum Gasteiger partial charge on any atom is 0.175 e. The SMILES string of the molecule is CN(C1CC1)C(CN)c1cc(Br)c2c(c1)OCCCO2. The molecule has 0 amide bonds. The molecule has 0 aromatic heterocycles. The predicted octanol–water partition coefficient (Wildman–Crippen LogP) is 2.70. The predicted molar refractivity (Wildman–Crippen MR) is 82.3 cm³/mol. The van der Waals surface area contributed by atoms with E-state index in [1.54, 1.807) is 0 Å². The van der Waals surface area contributed by atoms with Crippen molar-refractivity contribution >= 4 is 15.9 Å². The lowest BCUT2D eigenvalue weighted by atomic mass is 10.0. The van der Waals surface area contributed by atoms with Crippen LogP contribution < -0.4 is 15.2 Å². The standard InChI is InChI=1S/C15H21BrN2O2/c1-18(11-3-4-11)13(9-17)10-7-12(16)15-14(8-10)19-5-2-6-20-15/h7-8,11,13H,2-6,9,17H2,1H3. The van der Waals surface area contributed by atoms with E-state index in [1.165, 1.54) is 18.4 Å². The molecule has 0 bridgehead atoms. The van der Waals surface area contributed by atoms with Crippen LogP contribution in [0.3, 0.4) is 0 Å². The van der Waals surface area contributed by atoms with Gasteiger partial charge in [0.1, 0.15) is 0 Å². The number of halogens is 1. The van der Waals surface area contributed by atoms with Gasteiger partial charge < -0.3 is 15.2 Å². The summed E-state index contributed by atoms with van der Waals surface area (Å²) >= 11 is 3.60. The van der Waals surface area contributed by atoms with Crippen molar-refractivity contribution in [2.45, 2.75) is 31.3 Å². The average Bonchev–Trinajstić information content (AvgIpc) is 3.26. The Morgan fingerprint density at radius 1 is 1.35 bits per heavy atom. The fraction of sp³-hybridized carbons (Fsp3) is 0.600. The second-order valence-corrected chi connectivity index (χ2v) is 6.38. The smallest absolute Gasteiger partial charge is 0.175 e. The molecular formula is C15H21BrN2O2. The largest absolute Gasteiger partial charge is 0.490 e. The van der Waals surface area contributed by atoms with Crippen LogP contribution in [0.25, 0.3) is 0 Å². The van der Waals surface area contributed by atoms with Crippen LogP contribution in [-0.4, -0.2) is 37.7 Å². The molecule has 3 rings (SSSR count). The molecule has 1 aromatic rings. The summed E-state index contributed by atoms with van der Waals surface area (Å²) in [5.41, 5.74) is 7.19. The molecule has 5 heteroatoms. The lowest BCUT2D eigenvalue weighted by molar-refractivity contribution is 0.239. The van der Waals surface area contributed by atoms with Gasteiger partial charge in [0, 0.05) is 25.0 Å². The highest BCUT2D eigenvalue weighted by Crippen LogP contribution is 2.41. The van der Waals surface area contributed by atoms with Crippen LogP contribution in [-0.2, 0) is 0 Å². The first-order valence-electron chi connectivity index (χ1n) is 7.21. The van der Waals surface area contributed by atoms with Gasteiger partial charge in [0.25, 0.3) is 0 Å². The first kappa shape index (κ1) is 14.2. The monoisotopic (exact) mass is 340 g/mol. The van der Waals surface area contributed by atoms with E-state index < -0.39 is 0 Å². The van der Waals surface area contributed by atoms with Crippen molar-refractivity contribution in [2.24, 2.45) is 5.73 Å². The summed E-state index contributed by atoms with van der Waals surface area (Å²) in [6.07, 6.45) is 3.47. The van der Waals surface area contributed by atoms with Crippen LogP contribution in [0.2, 0.25) is 0 Å². The lowest BCUT2D eigenvalue weighted by Gasteiger charge is -2.28. The minimum absolute atomic E-state index is 0.232. The van der Waals surface area contributed by atoms with Crippen molar-refractivity contribution in [3.8, 4) is 11.5 Å². The average molecular weight is 341 g/mol. The van der Waals surface area contributed by atoms with Crippen LogP contribution in [0, 0.1) is 0 Å². The first-order valence-corrected chi connectivity index (χ1v) is 8.01. The highest BCUT2D eigenvalue weighted by molar-refractivity contribution is 9.10. The van der Waals surface area contributed by atoms with Gasteiger partial charge in [0.05, 0.1) is 17.7 Å². The van der Waals surface area contributed by atoms with Gasteiger partial charge in [0.2, 0.25) is 0 Å². The van der Waals surface area contributed by atoms with E-state index in [2.05, 4.69) is 40.0 Å². The minimum Gasteiger partial charge on any atom is -0.490 e. The minimum atomic E-state index is 0.232. The number of nitrogens with zero attached hydrogens (tertiary/aromatic N) is 1. The maximum absolute atomic E-state index is 6.00. The van der Waals surface area contributed by atoms with E-state index in [4.69, 9.17) is 15.2 Å². The third-order valence-electron chi connectivity index (χ3n) is 4.05. The molecule has 1 atom stereocenters. The summed E-state index contributed by atoms with van der Waals surface area (Å²) in [5, 5.41) is 0. The van der Waals surface area contributed by atoms with Gasteiger partial charge in [-0.3, -0.25) is 4.90 Å². The molecule has 2 aliphatic rings. The normalized spacial score (nSPS) is 19.8. The van der Waals surface area contributed by atoms with Gasteiger partial charge in [-0.1, -0.05) is 0 Å². The summed E-state index contributed by atoms with van der Waals surface area (Å²) in [6.45, 7) is 2.01. The molecule has 1 aliphatic heterocycles. The Labute approximate surface area is 128 Å². The number of fused-ring (bicyclic) bond motifs is 1. The summed E-state index contributed by atoms with van der Waals surface area (Å²) in [5.74, 6) is 1.64. The molecule has 0 saturated heterocycles. The van der Waals surface area contributed by atoms with Crippen molar-refractivity contribution in [3.63, 3.8) is 0 Å². The highest BCUT2D eigenvalue weighted by Gasteiger charge is 2.32. The Kier molecular flexibility index (Phi) is 4.19. The maximum atomic E-state index is 6.00. The molecule has 1 aliphatic carbocycles. The number of hydrogen-bond donors (Lipinski definition) is 1. The number of hydrogen-bond acceptors (Lipinski definition) is 4. The number of nitrogens with two attached hydrogens (primary N) is 1. The summed E-state index contributed by atoms with van der Waals surface area (Å²) in [4.78, 5) is 2.38. The van der Waals surface area contributed by atoms with Gasteiger partial charge in [-0.2, -0.15) is 0 Å². The zero-order valence-corrected chi connectivity index (χ0v) is 13.4. The van der Waals surface area contributed by atoms with E-state index in [-0.39, 0.29) is 6.04 Å². The van der Waals surface area contributed by atoms with Gasteiger partial charge in [-0.25, -0.2) is 0 Å². The number of likely N-dealkylation sites (N-methyl/N-ethyl adjacent to an activating group) is 1. The van der Waals surface area contributed by atoms with Gasteiger partial charge in [-0.15, -0.1) is 0 Å². The quantitative estimate of drug-likeness (QED) is 0.915. The van der Waals surface area contributed by atoms with E-state index in [0.29, 0.717) is 25.8 Å². The second-order valence-electron chi connectivity index (χ2n) is 5.53. The number of ether oxygens (including phenoxy) is 2. The van der Waals surface area contributed by atoms with Crippen molar-refractivity contribution in [2.75, 3.05) is 26.8 Å². The molecule has 0 spiro atoms. The van der Waals surface area contributed by atoms with E-state index in [9.17, 15) is 0 Å². The third kappa shape index (κ3) is 2.80. The molecule has 4 nitrogen and oxygen atoms in total. The molecule has 110 valence electrons. The molecular weight excluding hydrogens is 320 g/mol. The fourth-order valence-electron chi connectivity index (χ4n) is 2.72. The molecule has 2 N–H and O–H groups in total. The van der Waals surface area contributed by atoms with Gasteiger partial charge >= 0.3 is 0 Å². The van der Waals surface area contributed by atoms with Crippen molar-refractivity contribution in [3.05, 3.63) is 22.2 Å². The first-order chi connectivity index (χ1) is 9.70. The fourth-order valence-corrected chi connectivity index (χ4v) is 3.29. The van der Waals surface area contributed by atoms with Crippen LogP contribution in [0.5, 0.6) is 11.5 Å². The molecule has 1 unspecified atom stereocenters. The van der Waals surface area contributed by atoms with Gasteiger partial charge in [-0.05, 0) is 53.5 Å². The Balaban J connectivity index is 1.92. The third-order valence-corrected chi connectivity index (χ3v) is 4.64. The molecule has 20 heavy (non-hydrogen) atoms. The van der Waals surface area contributed by atoms with Crippen LogP contribution in [0.4, 0.5) is 0 Å². The van der Waals surface area contributed by atoms with Crippen LogP contribution in [0.1, 0.15) is 30.9 Å². The van der Waals surface area contributed by atoms with Crippen molar-refractivity contribution < 1.29 is 9.47 Å². The van der Waals surface area contributed by atoms with E-state index in [0.717, 1.165) is 22.4 Å². The molecule has 0 radical (unpaired) electrons. The zero-order chi connectivity index (χ0) is 14.1. The second kappa shape index (κ2) is 5.92. The number of rotatable bonds is 4. The Morgan fingerprint density at radius 2 is 2.10 bits per heavy atom.